The highest BCUT2D eigenvalue weighted by Gasteiger charge is 2.28. The van der Waals surface area contributed by atoms with E-state index in [-0.39, 0.29) is 29.4 Å². The Balaban J connectivity index is 0.833. The van der Waals surface area contributed by atoms with Gasteiger partial charge in [-0.05, 0) is 69.3 Å². The van der Waals surface area contributed by atoms with Gasteiger partial charge in [0.2, 0.25) is 11.8 Å². The summed E-state index contributed by atoms with van der Waals surface area (Å²) in [4.78, 5) is 50.6. The van der Waals surface area contributed by atoms with Crippen molar-refractivity contribution in [3.05, 3.63) is 58.1 Å². The third kappa shape index (κ3) is 9.22. The van der Waals surface area contributed by atoms with E-state index in [4.69, 9.17) is 9.47 Å². The molecule has 15 heteroatoms. The van der Waals surface area contributed by atoms with Crippen molar-refractivity contribution < 1.29 is 27.8 Å². The minimum absolute atomic E-state index is 0.0393. The molecule has 5 heterocycles. The smallest absolute Gasteiger partial charge is 0.261 e. The number of anilines is 2. The highest BCUT2D eigenvalue weighted by Crippen LogP contribution is 2.28. The van der Waals surface area contributed by atoms with Gasteiger partial charge in [-0.2, -0.15) is 11.8 Å². The zero-order valence-electron chi connectivity index (χ0n) is 29.3. The molecule has 4 aliphatic heterocycles. The van der Waals surface area contributed by atoms with Gasteiger partial charge in [-0.25, -0.2) is 13.8 Å². The molecule has 3 N–H and O–H groups in total. The molecule has 4 fully saturated rings. The van der Waals surface area contributed by atoms with Gasteiger partial charge in [0.25, 0.3) is 5.56 Å². The number of imide groups is 1. The van der Waals surface area contributed by atoms with Crippen LogP contribution in [0, 0.1) is 17.6 Å². The van der Waals surface area contributed by atoms with E-state index in [1.165, 1.54) is 12.1 Å². The monoisotopic (exact) mass is 739 g/mol. The predicted octanol–water partition coefficient (Wildman–Crippen LogP) is 3.74. The Labute approximate surface area is 306 Å². The number of aromatic amines is 1. The lowest BCUT2D eigenvalue weighted by Gasteiger charge is -2.38. The number of piperidine rings is 2. The van der Waals surface area contributed by atoms with E-state index < -0.39 is 17.4 Å². The molecule has 2 amide bonds. The molecular formula is C37H47F2N7O5S. The lowest BCUT2D eigenvalue weighted by molar-refractivity contribution is -0.133. The summed E-state index contributed by atoms with van der Waals surface area (Å²) in [6.07, 6.45) is 4.61. The molecule has 3 aromatic rings. The Hall–Kier alpha value is -3.79. The Kier molecular flexibility index (Phi) is 11.9. The number of halogens is 2. The van der Waals surface area contributed by atoms with Gasteiger partial charge in [0.05, 0.1) is 23.6 Å². The van der Waals surface area contributed by atoms with E-state index in [9.17, 15) is 18.8 Å². The highest BCUT2D eigenvalue weighted by atomic mass is 32.2. The van der Waals surface area contributed by atoms with Crippen molar-refractivity contribution in [2.24, 2.45) is 5.92 Å². The molecule has 0 aliphatic carbocycles. The Bertz CT molecular complexity index is 1790. The number of nitrogens with one attached hydrogen (secondary N) is 3. The second-order valence-corrected chi connectivity index (χ2v) is 15.5. The first-order chi connectivity index (χ1) is 25.3. The average Bonchev–Trinajstić information content (AvgIpc) is 3.15. The van der Waals surface area contributed by atoms with Crippen LogP contribution in [0.4, 0.5) is 20.2 Å². The molecule has 1 aromatic heterocycles. The Morgan fingerprint density at radius 3 is 2.40 bits per heavy atom. The predicted molar refractivity (Wildman–Crippen MR) is 197 cm³/mol. The number of carbonyl (C=O) groups excluding carboxylic acids is 2. The van der Waals surface area contributed by atoms with Crippen LogP contribution in [0.5, 0.6) is 5.75 Å². The first-order valence-corrected chi connectivity index (χ1v) is 19.5. The molecule has 0 saturated carbocycles. The molecule has 0 spiro atoms. The number of amides is 2. The highest BCUT2D eigenvalue weighted by molar-refractivity contribution is 7.99. The summed E-state index contributed by atoms with van der Waals surface area (Å²) in [6.45, 7) is 8.86. The molecular weight excluding hydrogens is 693 g/mol. The van der Waals surface area contributed by atoms with Gasteiger partial charge < -0.3 is 29.6 Å². The van der Waals surface area contributed by atoms with Gasteiger partial charge in [-0.1, -0.05) is 0 Å². The Morgan fingerprint density at radius 1 is 0.904 bits per heavy atom. The van der Waals surface area contributed by atoms with E-state index >= 15 is 4.39 Å². The number of nitrogens with zero attached hydrogens (tertiary/aromatic N) is 4. The maximum absolute atomic E-state index is 15.0. The van der Waals surface area contributed by atoms with Crippen LogP contribution < -0.4 is 25.8 Å². The quantitative estimate of drug-likeness (QED) is 0.235. The summed E-state index contributed by atoms with van der Waals surface area (Å²) in [5.74, 6) is 0.304. The third-order valence-corrected chi connectivity index (χ3v) is 12.0. The number of carbonyl (C=O) groups is 2. The second kappa shape index (κ2) is 16.9. The summed E-state index contributed by atoms with van der Waals surface area (Å²) in [6, 6.07) is 7.25. The summed E-state index contributed by atoms with van der Waals surface area (Å²) in [5, 5.41) is 5.93. The largest absolute Gasteiger partial charge is 0.493 e. The summed E-state index contributed by atoms with van der Waals surface area (Å²) < 4.78 is 41.4. The van der Waals surface area contributed by atoms with Crippen LogP contribution in [0.15, 0.2) is 35.1 Å². The Morgan fingerprint density at radius 2 is 1.65 bits per heavy atom. The fourth-order valence-electron chi connectivity index (χ4n) is 7.40. The van der Waals surface area contributed by atoms with Crippen molar-refractivity contribution >= 4 is 45.9 Å². The van der Waals surface area contributed by atoms with Crippen molar-refractivity contribution in [2.75, 3.05) is 82.4 Å². The molecule has 0 radical (unpaired) electrons. The number of hydrogen-bond donors (Lipinski definition) is 3. The van der Waals surface area contributed by atoms with E-state index in [2.05, 4.69) is 35.3 Å². The first-order valence-electron chi connectivity index (χ1n) is 18.4. The van der Waals surface area contributed by atoms with Gasteiger partial charge in [0, 0.05) is 82.0 Å². The van der Waals surface area contributed by atoms with Crippen molar-refractivity contribution in [1.29, 1.82) is 0 Å². The minimum atomic E-state index is -0.624. The number of aromatic nitrogens is 2. The number of piperazine rings is 1. The van der Waals surface area contributed by atoms with Gasteiger partial charge >= 0.3 is 0 Å². The SMILES string of the molecule is O=C1CCC(Nc2ccc(F)c(N3CCN(CCN4CCC(COc5cc(F)c6c(=O)[nH]c(CSC7CCOCC7)nc6c5)CC4)CC3)c2)C(=O)N1. The number of H-pyrrole nitrogens is 1. The maximum Gasteiger partial charge on any atom is 0.261 e. The lowest BCUT2D eigenvalue weighted by Crippen LogP contribution is -2.49. The molecule has 280 valence electrons. The first kappa shape index (κ1) is 36.6. The van der Waals surface area contributed by atoms with Crippen molar-refractivity contribution in [3.8, 4) is 5.75 Å². The van der Waals surface area contributed by atoms with Gasteiger partial charge in [-0.15, -0.1) is 0 Å². The number of thioether (sulfide) groups is 1. The minimum Gasteiger partial charge on any atom is -0.493 e. The molecule has 2 aromatic carbocycles. The average molecular weight is 740 g/mol. The fraction of sp³-hybridized carbons (Fsp3) is 0.568. The van der Waals surface area contributed by atoms with E-state index in [1.54, 1.807) is 30.0 Å². The molecule has 0 bridgehead atoms. The van der Waals surface area contributed by atoms with Crippen molar-refractivity contribution in [1.82, 2.24) is 25.1 Å². The van der Waals surface area contributed by atoms with E-state index in [1.807, 2.05) is 0 Å². The van der Waals surface area contributed by atoms with Gasteiger partial charge in [0.15, 0.2) is 0 Å². The van der Waals surface area contributed by atoms with Crippen LogP contribution >= 0.6 is 11.8 Å². The summed E-state index contributed by atoms with van der Waals surface area (Å²) >= 11 is 1.74. The number of rotatable bonds is 12. The molecule has 12 nitrogen and oxygen atoms in total. The normalized spacial score (nSPS) is 21.4. The van der Waals surface area contributed by atoms with Crippen LogP contribution in [-0.4, -0.2) is 115 Å². The molecule has 7 rings (SSSR count). The zero-order chi connectivity index (χ0) is 36.0. The van der Waals surface area contributed by atoms with Crippen LogP contribution in [-0.2, 0) is 20.1 Å². The lowest BCUT2D eigenvalue weighted by atomic mass is 9.98. The van der Waals surface area contributed by atoms with Crippen molar-refractivity contribution in [3.63, 3.8) is 0 Å². The topological polar surface area (TPSA) is 132 Å². The summed E-state index contributed by atoms with van der Waals surface area (Å²) in [7, 11) is 0. The number of benzene rings is 2. The third-order valence-electron chi connectivity index (χ3n) is 10.6. The van der Waals surface area contributed by atoms with Crippen molar-refractivity contribution in [2.45, 2.75) is 55.6 Å². The molecule has 4 saturated heterocycles. The van der Waals surface area contributed by atoms with Crippen LogP contribution in [0.3, 0.4) is 0 Å². The molecule has 4 aliphatic rings. The van der Waals surface area contributed by atoms with Crippen LogP contribution in [0.2, 0.25) is 0 Å². The van der Waals surface area contributed by atoms with Gasteiger partial charge in [-0.3, -0.25) is 24.6 Å². The number of ether oxygens (including phenoxy) is 2. The van der Waals surface area contributed by atoms with Crippen LogP contribution in [0.25, 0.3) is 10.9 Å². The standard InChI is InChI=1S/C37H47F2N7O5S/c38-28-2-1-25(40-30-3-4-34(47)43-36(30)48)19-32(28)46-15-13-45(14-16-46)12-11-44-9-5-24(6-10-44)22-51-26-20-29(39)35-31(21-26)41-33(42-37(35)49)23-52-27-7-17-50-18-8-27/h1-2,19-21,24,27,30,40H,3-18,22-23H2,(H,41,42,49)(H,43,47,48). The van der Waals surface area contributed by atoms with E-state index in [0.29, 0.717) is 71.5 Å². The number of likely N-dealkylation sites (tertiary alicyclic amines) is 1. The van der Waals surface area contributed by atoms with Crippen LogP contribution in [0.1, 0.15) is 44.3 Å². The second-order valence-electron chi connectivity index (χ2n) is 14.2. The molecule has 52 heavy (non-hydrogen) atoms. The van der Waals surface area contributed by atoms with Gasteiger partial charge in [0.1, 0.15) is 34.6 Å². The summed E-state index contributed by atoms with van der Waals surface area (Å²) in [5.41, 5.74) is 1.02. The number of hydrogen-bond acceptors (Lipinski definition) is 11. The maximum atomic E-state index is 15.0. The fourth-order valence-corrected chi connectivity index (χ4v) is 8.46. The van der Waals surface area contributed by atoms with E-state index in [0.717, 1.165) is 78.2 Å². The zero-order valence-corrected chi connectivity index (χ0v) is 30.2. The molecule has 1 atom stereocenters. The number of fused-ring (bicyclic) bond motifs is 1. The molecule has 1 unspecified atom stereocenters.